The molecule has 1 aliphatic heterocycles. The highest BCUT2D eigenvalue weighted by molar-refractivity contribution is 6.30. The maximum absolute atomic E-state index is 12.8. The minimum absolute atomic E-state index is 0.0446. The number of hydrogen-bond donors (Lipinski definition) is 1. The van der Waals surface area contributed by atoms with Crippen LogP contribution in [0.4, 0.5) is 5.69 Å². The van der Waals surface area contributed by atoms with Gasteiger partial charge in [-0.2, -0.15) is 0 Å². The lowest BCUT2D eigenvalue weighted by Gasteiger charge is -2.28. The van der Waals surface area contributed by atoms with Crippen molar-refractivity contribution in [2.75, 3.05) is 18.9 Å². The minimum atomic E-state index is -0.0877. The molecule has 6 heteroatoms. The lowest BCUT2D eigenvalue weighted by Crippen LogP contribution is -2.49. The summed E-state index contributed by atoms with van der Waals surface area (Å²) >= 11 is 6.03. The molecule has 0 bridgehead atoms. The van der Waals surface area contributed by atoms with Gasteiger partial charge in [-0.25, -0.2) is 4.79 Å². The first-order valence-corrected chi connectivity index (χ1v) is 8.05. The van der Waals surface area contributed by atoms with Crippen molar-refractivity contribution >= 4 is 28.9 Å². The largest absolute Gasteiger partial charge is 0.388 e. The van der Waals surface area contributed by atoms with Crippen LogP contribution < -0.4 is 5.32 Å². The highest BCUT2D eigenvalue weighted by Gasteiger charge is 2.38. The average Bonchev–Trinajstić information content (AvgIpc) is 2.59. The van der Waals surface area contributed by atoms with Crippen molar-refractivity contribution in [1.29, 1.82) is 0 Å². The van der Waals surface area contributed by atoms with Gasteiger partial charge >= 0.3 is 5.91 Å². The Hall–Kier alpha value is -2.50. The second kappa shape index (κ2) is 6.55. The van der Waals surface area contributed by atoms with Crippen LogP contribution in [-0.2, 0) is 4.79 Å². The summed E-state index contributed by atoms with van der Waals surface area (Å²) < 4.78 is -0.0446. The van der Waals surface area contributed by atoms with Gasteiger partial charge in [0.25, 0.3) is 0 Å². The van der Waals surface area contributed by atoms with E-state index in [0.29, 0.717) is 17.3 Å². The van der Waals surface area contributed by atoms with Crippen molar-refractivity contribution in [1.82, 2.24) is 4.98 Å². The standard InChI is InChI=1S/C18H18ClN4O/c1-3-23(2)18(24)17(21-15-6-4-5-14(19)11-15)12-16(22-23)13-7-9-20-10-8-13/h4-12,21H,3H2,1-2H3/q+1. The van der Waals surface area contributed by atoms with Crippen LogP contribution in [0.2, 0.25) is 5.02 Å². The molecule has 1 aromatic carbocycles. The molecule has 3 rings (SSSR count). The number of nitrogens with zero attached hydrogens (tertiary/aromatic N) is 3. The van der Waals surface area contributed by atoms with Crippen molar-refractivity contribution in [2.24, 2.45) is 5.10 Å². The Morgan fingerprint density at radius 3 is 2.62 bits per heavy atom. The number of anilines is 1. The topological polar surface area (TPSA) is 54.4 Å². The molecule has 0 saturated carbocycles. The maximum atomic E-state index is 12.8. The molecule has 1 aromatic heterocycles. The number of benzene rings is 1. The number of carbonyl (C=O) groups excluding carboxylic acids is 1. The third-order valence-electron chi connectivity index (χ3n) is 3.97. The Labute approximate surface area is 145 Å². The summed E-state index contributed by atoms with van der Waals surface area (Å²) in [5, 5.41) is 8.41. The lowest BCUT2D eigenvalue weighted by molar-refractivity contribution is -0.837. The Kier molecular flexibility index (Phi) is 4.46. The van der Waals surface area contributed by atoms with Crippen molar-refractivity contribution in [3.63, 3.8) is 0 Å². The summed E-state index contributed by atoms with van der Waals surface area (Å²) in [7, 11) is 1.80. The average molecular weight is 342 g/mol. The Morgan fingerprint density at radius 2 is 1.96 bits per heavy atom. The van der Waals surface area contributed by atoms with Gasteiger partial charge in [0.1, 0.15) is 25.0 Å². The van der Waals surface area contributed by atoms with Gasteiger partial charge in [-0.05, 0) is 37.3 Å². The van der Waals surface area contributed by atoms with Crippen LogP contribution >= 0.6 is 11.6 Å². The van der Waals surface area contributed by atoms with Gasteiger partial charge in [-0.1, -0.05) is 22.8 Å². The molecule has 5 nitrogen and oxygen atoms in total. The minimum Gasteiger partial charge on any atom is -0.347 e. The Bertz CT molecular complexity index is 832. The molecule has 1 unspecified atom stereocenters. The van der Waals surface area contributed by atoms with Crippen LogP contribution in [0.25, 0.3) is 0 Å². The van der Waals surface area contributed by atoms with Gasteiger partial charge in [0.2, 0.25) is 0 Å². The molecule has 122 valence electrons. The van der Waals surface area contributed by atoms with Crippen LogP contribution in [-0.4, -0.2) is 34.8 Å². The number of amides is 1. The fourth-order valence-electron chi connectivity index (χ4n) is 2.46. The quantitative estimate of drug-likeness (QED) is 0.867. The number of pyridine rings is 1. The number of rotatable bonds is 4. The molecule has 24 heavy (non-hydrogen) atoms. The number of nitrogens with one attached hydrogen (secondary N) is 1. The molecule has 1 N–H and O–H groups in total. The normalized spacial score (nSPS) is 20.4. The van der Waals surface area contributed by atoms with Crippen molar-refractivity contribution < 1.29 is 9.39 Å². The first-order valence-electron chi connectivity index (χ1n) is 7.67. The molecule has 2 heterocycles. The molecular weight excluding hydrogens is 324 g/mol. The van der Waals surface area contributed by atoms with Gasteiger partial charge < -0.3 is 5.32 Å². The third kappa shape index (κ3) is 3.22. The Morgan fingerprint density at radius 1 is 1.21 bits per heavy atom. The zero-order valence-corrected chi connectivity index (χ0v) is 14.3. The fourth-order valence-corrected chi connectivity index (χ4v) is 2.65. The van der Waals surface area contributed by atoms with E-state index < -0.39 is 0 Å². The molecular formula is C18H18ClN4O+. The van der Waals surface area contributed by atoms with Crippen LogP contribution in [0.3, 0.4) is 0 Å². The number of hydrogen-bond acceptors (Lipinski definition) is 4. The van der Waals surface area contributed by atoms with E-state index in [4.69, 9.17) is 11.6 Å². The monoisotopic (exact) mass is 341 g/mol. The summed E-state index contributed by atoms with van der Waals surface area (Å²) in [6.07, 6.45) is 5.19. The highest BCUT2D eigenvalue weighted by atomic mass is 35.5. The van der Waals surface area contributed by atoms with E-state index in [-0.39, 0.29) is 10.5 Å². The summed E-state index contributed by atoms with van der Waals surface area (Å²) in [5.74, 6) is -0.0877. The van der Waals surface area contributed by atoms with Crippen LogP contribution in [0.1, 0.15) is 12.5 Å². The Balaban J connectivity index is 2.02. The predicted octanol–water partition coefficient (Wildman–Crippen LogP) is 3.44. The zero-order chi connectivity index (χ0) is 17.2. The second-order valence-corrected chi connectivity index (χ2v) is 6.11. The summed E-state index contributed by atoms with van der Waals surface area (Å²) in [6.45, 7) is 2.50. The van der Waals surface area contributed by atoms with Gasteiger partial charge in [-0.3, -0.25) is 4.98 Å². The highest BCUT2D eigenvalue weighted by Crippen LogP contribution is 2.23. The first kappa shape index (κ1) is 16.4. The predicted molar refractivity (Wildman–Crippen MR) is 95.7 cm³/mol. The molecule has 0 spiro atoms. The molecule has 1 amide bonds. The second-order valence-electron chi connectivity index (χ2n) is 5.68. The van der Waals surface area contributed by atoms with Gasteiger partial charge in [0.15, 0.2) is 0 Å². The molecule has 1 aliphatic rings. The fraction of sp³-hybridized carbons (Fsp3) is 0.167. The van der Waals surface area contributed by atoms with Gasteiger partial charge in [0, 0.05) is 34.7 Å². The van der Waals surface area contributed by atoms with Crippen molar-refractivity contribution in [3.8, 4) is 0 Å². The number of aromatic nitrogens is 1. The van der Waals surface area contributed by atoms with E-state index in [0.717, 1.165) is 17.0 Å². The molecule has 1 atom stereocenters. The van der Waals surface area contributed by atoms with Gasteiger partial charge in [-0.15, -0.1) is 4.59 Å². The van der Waals surface area contributed by atoms with E-state index in [1.165, 1.54) is 0 Å². The van der Waals surface area contributed by atoms with Crippen LogP contribution in [0, 0.1) is 0 Å². The molecule has 0 saturated heterocycles. The summed E-state index contributed by atoms with van der Waals surface area (Å²) in [4.78, 5) is 16.9. The molecule has 0 fully saturated rings. The smallest absolute Gasteiger partial charge is 0.347 e. The van der Waals surface area contributed by atoms with E-state index in [2.05, 4.69) is 15.4 Å². The zero-order valence-electron chi connectivity index (χ0n) is 13.5. The van der Waals surface area contributed by atoms with E-state index in [9.17, 15) is 4.79 Å². The number of halogens is 1. The summed E-state index contributed by atoms with van der Waals surface area (Å²) in [6, 6.07) is 11.0. The maximum Gasteiger partial charge on any atom is 0.388 e. The number of carbonyl (C=O) groups is 1. The number of likely N-dealkylation sites (N-methyl/N-ethyl adjacent to an activating group) is 1. The SMILES string of the molecule is CC[N+]1(C)N=C(c2ccncc2)C=C(Nc2cccc(Cl)c2)C1=O. The number of quaternary nitrogens is 1. The third-order valence-corrected chi connectivity index (χ3v) is 4.21. The molecule has 0 radical (unpaired) electrons. The molecule has 2 aromatic rings. The van der Waals surface area contributed by atoms with Crippen LogP contribution in [0.15, 0.2) is 65.7 Å². The van der Waals surface area contributed by atoms with E-state index >= 15 is 0 Å². The number of allylic oxidation sites excluding steroid dienone is 1. The van der Waals surface area contributed by atoms with E-state index in [1.54, 1.807) is 37.7 Å². The van der Waals surface area contributed by atoms with Crippen molar-refractivity contribution in [3.05, 3.63) is 71.2 Å². The van der Waals surface area contributed by atoms with E-state index in [1.807, 2.05) is 31.2 Å². The van der Waals surface area contributed by atoms with Crippen LogP contribution in [0.5, 0.6) is 0 Å². The molecule has 0 aliphatic carbocycles. The first-order chi connectivity index (χ1) is 11.5. The lowest BCUT2D eigenvalue weighted by atomic mass is 10.1. The van der Waals surface area contributed by atoms with Gasteiger partial charge in [0.05, 0.1) is 0 Å². The van der Waals surface area contributed by atoms with Crippen molar-refractivity contribution in [2.45, 2.75) is 6.92 Å². The summed E-state index contributed by atoms with van der Waals surface area (Å²) in [5.41, 5.74) is 2.91.